The molecule has 0 aromatic heterocycles. The highest BCUT2D eigenvalue weighted by Crippen LogP contribution is 2.37. The summed E-state index contributed by atoms with van der Waals surface area (Å²) in [5.74, 6) is 0. The van der Waals surface area contributed by atoms with E-state index in [1.165, 1.54) is 10.4 Å². The van der Waals surface area contributed by atoms with Crippen LogP contribution in [0.1, 0.15) is 27.2 Å². The average molecular weight is 466 g/mol. The van der Waals surface area contributed by atoms with Gasteiger partial charge in [-0.05, 0) is 25.9 Å². The molecular formula is C21H27IO2Si. The van der Waals surface area contributed by atoms with Crippen molar-refractivity contribution in [2.75, 3.05) is 6.61 Å². The molecule has 2 aromatic rings. The Kier molecular flexibility index (Phi) is 7.43. The van der Waals surface area contributed by atoms with E-state index in [1.54, 1.807) is 0 Å². The average Bonchev–Trinajstić information content (AvgIpc) is 2.60. The van der Waals surface area contributed by atoms with Gasteiger partial charge in [0, 0.05) is 6.61 Å². The van der Waals surface area contributed by atoms with Crippen LogP contribution in [0.3, 0.4) is 0 Å². The topological polar surface area (TPSA) is 29.5 Å². The molecule has 0 heterocycles. The molecular weight excluding hydrogens is 439 g/mol. The SMILES string of the molecule is CC(C)(C)[Si](O[C@@H](/C=C/I)CCO)(c1ccccc1)c1ccccc1. The van der Waals surface area contributed by atoms with Crippen molar-refractivity contribution >= 4 is 41.3 Å². The molecule has 1 N–H and O–H groups in total. The van der Waals surface area contributed by atoms with Gasteiger partial charge in [-0.2, -0.15) is 0 Å². The molecule has 2 aromatic carbocycles. The van der Waals surface area contributed by atoms with E-state index in [0.29, 0.717) is 6.42 Å². The normalized spacial score (nSPS) is 14.0. The Labute approximate surface area is 166 Å². The van der Waals surface area contributed by atoms with Gasteiger partial charge >= 0.3 is 0 Å². The van der Waals surface area contributed by atoms with E-state index in [4.69, 9.17) is 4.43 Å². The highest BCUT2D eigenvalue weighted by molar-refractivity contribution is 14.1. The summed E-state index contributed by atoms with van der Waals surface area (Å²) >= 11 is 2.22. The third-order valence-electron chi connectivity index (χ3n) is 4.45. The Morgan fingerprint density at radius 3 is 1.84 bits per heavy atom. The number of benzene rings is 2. The largest absolute Gasteiger partial charge is 0.401 e. The second kappa shape index (κ2) is 9.12. The maximum atomic E-state index is 9.50. The Balaban J connectivity index is 2.68. The molecule has 25 heavy (non-hydrogen) atoms. The summed E-state index contributed by atoms with van der Waals surface area (Å²) in [6.45, 7) is 6.92. The monoisotopic (exact) mass is 466 g/mol. The predicted molar refractivity (Wildman–Crippen MR) is 117 cm³/mol. The molecule has 0 saturated carbocycles. The van der Waals surface area contributed by atoms with Crippen LogP contribution in [0, 0.1) is 0 Å². The molecule has 0 aliphatic carbocycles. The molecule has 0 saturated heterocycles. The van der Waals surface area contributed by atoms with Gasteiger partial charge in [-0.1, -0.05) is 110 Å². The first-order chi connectivity index (χ1) is 12.0. The van der Waals surface area contributed by atoms with Crippen molar-refractivity contribution in [1.29, 1.82) is 0 Å². The molecule has 0 fully saturated rings. The molecule has 4 heteroatoms. The molecule has 1 atom stereocenters. The van der Waals surface area contributed by atoms with Gasteiger partial charge in [0.25, 0.3) is 8.32 Å². The number of aliphatic hydroxyl groups excluding tert-OH is 1. The van der Waals surface area contributed by atoms with Crippen LogP contribution in [0.5, 0.6) is 0 Å². The third kappa shape index (κ3) is 4.61. The van der Waals surface area contributed by atoms with Crippen LogP contribution in [-0.2, 0) is 4.43 Å². The Morgan fingerprint density at radius 1 is 1.00 bits per heavy atom. The summed E-state index contributed by atoms with van der Waals surface area (Å²) in [6, 6.07) is 21.2. The number of halogens is 1. The molecule has 134 valence electrons. The van der Waals surface area contributed by atoms with Gasteiger partial charge in [-0.15, -0.1) is 0 Å². The van der Waals surface area contributed by atoms with E-state index in [2.05, 4.69) is 98.0 Å². The van der Waals surface area contributed by atoms with Crippen LogP contribution in [0.25, 0.3) is 0 Å². The molecule has 2 rings (SSSR count). The zero-order valence-electron chi connectivity index (χ0n) is 15.2. The smallest absolute Gasteiger partial charge is 0.261 e. The number of hydrogen-bond donors (Lipinski definition) is 1. The zero-order chi connectivity index (χ0) is 18.3. The van der Waals surface area contributed by atoms with Gasteiger partial charge in [-0.3, -0.25) is 0 Å². The molecule has 0 bridgehead atoms. The van der Waals surface area contributed by atoms with Crippen LogP contribution < -0.4 is 10.4 Å². The van der Waals surface area contributed by atoms with E-state index < -0.39 is 8.32 Å². The highest BCUT2D eigenvalue weighted by Gasteiger charge is 2.51. The molecule has 0 unspecified atom stereocenters. The van der Waals surface area contributed by atoms with Gasteiger partial charge < -0.3 is 9.53 Å². The molecule has 0 spiro atoms. The third-order valence-corrected chi connectivity index (χ3v) is 9.92. The lowest BCUT2D eigenvalue weighted by atomic mass is 10.2. The Bertz CT molecular complexity index is 626. The van der Waals surface area contributed by atoms with E-state index in [-0.39, 0.29) is 17.7 Å². The first kappa shape index (κ1) is 20.4. The summed E-state index contributed by atoms with van der Waals surface area (Å²) in [7, 11) is -2.55. The maximum Gasteiger partial charge on any atom is 0.261 e. The van der Waals surface area contributed by atoms with Gasteiger partial charge in [0.1, 0.15) is 0 Å². The van der Waals surface area contributed by atoms with Gasteiger partial charge in [-0.25, -0.2) is 0 Å². The lowest BCUT2D eigenvalue weighted by molar-refractivity contribution is 0.179. The van der Waals surface area contributed by atoms with Crippen molar-refractivity contribution in [2.24, 2.45) is 0 Å². The maximum absolute atomic E-state index is 9.50. The number of hydrogen-bond acceptors (Lipinski definition) is 2. The second-order valence-electron chi connectivity index (χ2n) is 7.15. The minimum atomic E-state index is -2.55. The fraction of sp³-hybridized carbons (Fsp3) is 0.333. The number of rotatable bonds is 7. The predicted octanol–water partition coefficient (Wildman–Crippen LogP) is 4.26. The lowest BCUT2D eigenvalue weighted by Crippen LogP contribution is -2.67. The van der Waals surface area contributed by atoms with E-state index >= 15 is 0 Å². The minimum Gasteiger partial charge on any atom is -0.401 e. The van der Waals surface area contributed by atoms with Crippen molar-refractivity contribution in [2.45, 2.75) is 38.3 Å². The first-order valence-corrected chi connectivity index (χ1v) is 11.8. The second-order valence-corrected chi connectivity index (χ2v) is 12.1. The van der Waals surface area contributed by atoms with Crippen LogP contribution in [-0.4, -0.2) is 26.1 Å². The van der Waals surface area contributed by atoms with Crippen LogP contribution in [0.4, 0.5) is 0 Å². The van der Waals surface area contributed by atoms with Crippen molar-refractivity contribution in [3.8, 4) is 0 Å². The molecule has 0 amide bonds. The van der Waals surface area contributed by atoms with Gasteiger partial charge in [0.2, 0.25) is 0 Å². The zero-order valence-corrected chi connectivity index (χ0v) is 18.3. The fourth-order valence-corrected chi connectivity index (χ4v) is 8.45. The van der Waals surface area contributed by atoms with E-state index in [0.717, 1.165) is 0 Å². The van der Waals surface area contributed by atoms with Crippen molar-refractivity contribution in [3.05, 3.63) is 70.8 Å². The van der Waals surface area contributed by atoms with Crippen LogP contribution >= 0.6 is 22.6 Å². The summed E-state index contributed by atoms with van der Waals surface area (Å²) in [5, 5.41) is 12.0. The molecule has 2 nitrogen and oxygen atoms in total. The fourth-order valence-electron chi connectivity index (χ4n) is 3.32. The number of aliphatic hydroxyl groups is 1. The van der Waals surface area contributed by atoms with Gasteiger partial charge in [0.15, 0.2) is 0 Å². The lowest BCUT2D eigenvalue weighted by Gasteiger charge is -2.44. The van der Waals surface area contributed by atoms with Crippen molar-refractivity contribution in [1.82, 2.24) is 0 Å². The Hall–Kier alpha value is -0.953. The van der Waals surface area contributed by atoms with Crippen LogP contribution in [0.15, 0.2) is 70.8 Å². The van der Waals surface area contributed by atoms with Crippen LogP contribution in [0.2, 0.25) is 5.04 Å². The summed E-state index contributed by atoms with van der Waals surface area (Å²) in [5.41, 5.74) is 0. The molecule has 0 aliphatic heterocycles. The van der Waals surface area contributed by atoms with E-state index in [1.807, 2.05) is 16.2 Å². The quantitative estimate of drug-likeness (QED) is 0.488. The molecule has 0 aliphatic rings. The minimum absolute atomic E-state index is 0.0531. The Morgan fingerprint density at radius 2 is 1.48 bits per heavy atom. The van der Waals surface area contributed by atoms with Gasteiger partial charge in [0.05, 0.1) is 6.10 Å². The van der Waals surface area contributed by atoms with Crippen molar-refractivity contribution in [3.63, 3.8) is 0 Å². The highest BCUT2D eigenvalue weighted by atomic mass is 127. The molecule has 0 radical (unpaired) electrons. The standard InChI is InChI=1S/C21H27IO2Si/c1-21(2,3)25(19-10-6-4-7-11-19,20-12-8-5-9-13-20)24-18(14-16-22)15-17-23/h4-14,16,18,23H,15,17H2,1-3H3/b16-14+/t18-/m0/s1. The summed E-state index contributed by atoms with van der Waals surface area (Å²) in [6.07, 6.45) is 2.55. The van der Waals surface area contributed by atoms with Crippen molar-refractivity contribution < 1.29 is 9.53 Å². The first-order valence-electron chi connectivity index (χ1n) is 8.62. The summed E-state index contributed by atoms with van der Waals surface area (Å²) < 4.78 is 8.92. The van der Waals surface area contributed by atoms with E-state index in [9.17, 15) is 5.11 Å². The summed E-state index contributed by atoms with van der Waals surface area (Å²) in [4.78, 5) is 0.